The Labute approximate surface area is 109 Å². The van der Waals surface area contributed by atoms with Gasteiger partial charge in [0.1, 0.15) is 11.5 Å². The van der Waals surface area contributed by atoms with E-state index in [0.717, 1.165) is 6.07 Å². The highest BCUT2D eigenvalue weighted by Crippen LogP contribution is 2.24. The van der Waals surface area contributed by atoms with Crippen molar-refractivity contribution in [3.8, 4) is 0 Å². The van der Waals surface area contributed by atoms with E-state index in [4.69, 9.17) is 5.73 Å². The summed E-state index contributed by atoms with van der Waals surface area (Å²) in [5.74, 6) is -7.79. The maximum absolute atomic E-state index is 13.3. The third kappa shape index (κ3) is 2.51. The molecule has 5 nitrogen and oxygen atoms in total. The van der Waals surface area contributed by atoms with Crippen molar-refractivity contribution in [2.24, 2.45) is 0 Å². The summed E-state index contributed by atoms with van der Waals surface area (Å²) < 4.78 is 52.6. The van der Waals surface area contributed by atoms with Crippen LogP contribution in [0.1, 0.15) is 10.5 Å². The summed E-state index contributed by atoms with van der Waals surface area (Å²) in [5.41, 5.74) is 3.67. The van der Waals surface area contributed by atoms with E-state index in [9.17, 15) is 22.4 Å². The molecular weight excluding hydrogens is 280 g/mol. The number of nitrogen functional groups attached to an aromatic ring is 1. The summed E-state index contributed by atoms with van der Waals surface area (Å²) in [6, 6.07) is 2.38. The number of carbonyl (C=O) groups is 1. The summed E-state index contributed by atoms with van der Waals surface area (Å²) in [6.45, 7) is 0. The maximum Gasteiger partial charge on any atom is 0.276 e. The molecule has 2 aromatic rings. The Morgan fingerprint density at radius 1 is 1.05 bits per heavy atom. The van der Waals surface area contributed by atoms with E-state index in [0.29, 0.717) is 0 Å². The molecule has 0 saturated heterocycles. The van der Waals surface area contributed by atoms with Crippen LogP contribution in [-0.2, 0) is 0 Å². The van der Waals surface area contributed by atoms with Gasteiger partial charge in [-0.15, -0.1) is 10.2 Å². The van der Waals surface area contributed by atoms with Gasteiger partial charge in [0.15, 0.2) is 29.0 Å². The summed E-state index contributed by atoms with van der Waals surface area (Å²) >= 11 is 0. The molecule has 3 N–H and O–H groups in total. The van der Waals surface area contributed by atoms with Gasteiger partial charge in [0, 0.05) is 6.07 Å². The molecule has 0 aliphatic heterocycles. The van der Waals surface area contributed by atoms with Crippen LogP contribution >= 0.6 is 0 Å². The van der Waals surface area contributed by atoms with Crippen molar-refractivity contribution in [2.75, 3.05) is 11.1 Å². The second kappa shape index (κ2) is 5.11. The number of rotatable bonds is 2. The number of anilines is 2. The average Bonchev–Trinajstić information content (AvgIpc) is 2.42. The zero-order valence-electron chi connectivity index (χ0n) is 9.62. The third-order valence-electron chi connectivity index (χ3n) is 2.27. The van der Waals surface area contributed by atoms with Crippen LogP contribution in [0.2, 0.25) is 0 Å². The van der Waals surface area contributed by atoms with E-state index in [2.05, 4.69) is 10.2 Å². The first-order valence-corrected chi connectivity index (χ1v) is 5.13. The molecule has 2 rings (SSSR count). The van der Waals surface area contributed by atoms with Crippen LogP contribution in [0.25, 0.3) is 0 Å². The molecule has 0 spiro atoms. The van der Waals surface area contributed by atoms with Crippen molar-refractivity contribution in [1.29, 1.82) is 0 Å². The highest BCUT2D eigenvalue weighted by Gasteiger charge is 2.21. The number of carbonyl (C=O) groups excluding carboxylic acids is 1. The minimum absolute atomic E-state index is 0.0238. The largest absolute Gasteiger partial charge is 0.382 e. The number of halogens is 4. The highest BCUT2D eigenvalue weighted by atomic mass is 19.2. The Balaban J connectivity index is 2.35. The van der Waals surface area contributed by atoms with Crippen molar-refractivity contribution in [2.45, 2.75) is 0 Å². The molecule has 1 aromatic heterocycles. The van der Waals surface area contributed by atoms with Crippen LogP contribution in [0.15, 0.2) is 18.2 Å². The first-order chi connectivity index (χ1) is 9.40. The van der Waals surface area contributed by atoms with Crippen molar-refractivity contribution in [3.63, 3.8) is 0 Å². The normalized spacial score (nSPS) is 10.4. The molecule has 9 heteroatoms. The minimum Gasteiger partial charge on any atom is -0.382 e. The molecule has 0 unspecified atom stereocenters. The predicted molar refractivity (Wildman–Crippen MR) is 60.7 cm³/mol. The summed E-state index contributed by atoms with van der Waals surface area (Å²) in [5, 5.41) is 8.40. The van der Waals surface area contributed by atoms with Gasteiger partial charge in [0.2, 0.25) is 0 Å². The Morgan fingerprint density at radius 3 is 2.15 bits per heavy atom. The van der Waals surface area contributed by atoms with Gasteiger partial charge in [-0.1, -0.05) is 0 Å². The number of benzene rings is 1. The maximum atomic E-state index is 13.3. The molecular formula is C11H6F4N4O. The van der Waals surface area contributed by atoms with E-state index in [1.807, 2.05) is 0 Å². The first kappa shape index (κ1) is 13.7. The number of nitrogens with zero attached hydrogens (tertiary/aromatic N) is 2. The van der Waals surface area contributed by atoms with Crippen molar-refractivity contribution >= 4 is 17.4 Å². The van der Waals surface area contributed by atoms with E-state index >= 15 is 0 Å². The van der Waals surface area contributed by atoms with Gasteiger partial charge >= 0.3 is 0 Å². The van der Waals surface area contributed by atoms with Crippen LogP contribution < -0.4 is 11.1 Å². The highest BCUT2D eigenvalue weighted by molar-refractivity contribution is 6.02. The van der Waals surface area contributed by atoms with E-state index in [-0.39, 0.29) is 17.6 Å². The first-order valence-electron chi connectivity index (χ1n) is 5.13. The lowest BCUT2D eigenvalue weighted by molar-refractivity contribution is 0.102. The lowest BCUT2D eigenvalue weighted by Gasteiger charge is -2.08. The molecule has 0 aliphatic carbocycles. The lowest BCUT2D eigenvalue weighted by Crippen LogP contribution is -2.17. The van der Waals surface area contributed by atoms with E-state index in [1.165, 1.54) is 6.07 Å². The molecule has 20 heavy (non-hydrogen) atoms. The second-order valence-corrected chi connectivity index (χ2v) is 3.64. The van der Waals surface area contributed by atoms with E-state index in [1.54, 1.807) is 5.32 Å². The lowest BCUT2D eigenvalue weighted by atomic mass is 10.2. The Morgan fingerprint density at radius 2 is 1.65 bits per heavy atom. The summed E-state index contributed by atoms with van der Waals surface area (Å²) in [7, 11) is 0. The fourth-order valence-corrected chi connectivity index (χ4v) is 1.32. The van der Waals surface area contributed by atoms with Crippen molar-refractivity contribution in [1.82, 2.24) is 10.2 Å². The van der Waals surface area contributed by atoms with Gasteiger partial charge in [-0.25, -0.2) is 17.6 Å². The van der Waals surface area contributed by atoms with Crippen LogP contribution in [0.3, 0.4) is 0 Å². The molecule has 104 valence electrons. The summed E-state index contributed by atoms with van der Waals surface area (Å²) in [4.78, 5) is 11.6. The Bertz CT molecular complexity index is 649. The SMILES string of the molecule is Nc1ccc(C(=O)Nc2c(F)c(F)cc(F)c2F)nn1. The second-order valence-electron chi connectivity index (χ2n) is 3.64. The Kier molecular flexibility index (Phi) is 3.51. The monoisotopic (exact) mass is 286 g/mol. The van der Waals surface area contributed by atoms with Crippen LogP contribution in [-0.4, -0.2) is 16.1 Å². The summed E-state index contributed by atoms with van der Waals surface area (Å²) in [6.07, 6.45) is 0. The molecule has 0 aliphatic rings. The predicted octanol–water partition coefficient (Wildman–Crippen LogP) is 1.87. The number of aromatic nitrogens is 2. The van der Waals surface area contributed by atoms with E-state index < -0.39 is 34.9 Å². The molecule has 1 heterocycles. The topological polar surface area (TPSA) is 80.9 Å². The number of amides is 1. The quantitative estimate of drug-likeness (QED) is 0.652. The molecule has 0 fully saturated rings. The number of nitrogens with two attached hydrogens (primary N) is 1. The van der Waals surface area contributed by atoms with Gasteiger partial charge in [-0.2, -0.15) is 0 Å². The van der Waals surface area contributed by atoms with Gasteiger partial charge < -0.3 is 11.1 Å². The number of hydrogen-bond donors (Lipinski definition) is 2. The van der Waals surface area contributed by atoms with Crippen LogP contribution in [0.5, 0.6) is 0 Å². The van der Waals surface area contributed by atoms with Gasteiger partial charge in [0.25, 0.3) is 5.91 Å². The fourth-order valence-electron chi connectivity index (χ4n) is 1.32. The third-order valence-corrected chi connectivity index (χ3v) is 2.27. The molecule has 0 saturated carbocycles. The average molecular weight is 286 g/mol. The van der Waals surface area contributed by atoms with Gasteiger partial charge in [-0.3, -0.25) is 4.79 Å². The van der Waals surface area contributed by atoms with Crippen molar-refractivity contribution in [3.05, 3.63) is 47.2 Å². The zero-order chi connectivity index (χ0) is 14.9. The smallest absolute Gasteiger partial charge is 0.276 e. The molecule has 1 amide bonds. The fraction of sp³-hybridized carbons (Fsp3) is 0. The zero-order valence-corrected chi connectivity index (χ0v) is 9.62. The molecule has 0 radical (unpaired) electrons. The van der Waals surface area contributed by atoms with Crippen LogP contribution in [0.4, 0.5) is 29.1 Å². The Hall–Kier alpha value is -2.71. The molecule has 1 aromatic carbocycles. The molecule has 0 bridgehead atoms. The van der Waals surface area contributed by atoms with Gasteiger partial charge in [0.05, 0.1) is 0 Å². The number of hydrogen-bond acceptors (Lipinski definition) is 4. The standard InChI is InChI=1S/C11H6F4N4O/c12-4-3-5(13)9(15)10(8(4)14)17-11(20)6-1-2-7(16)19-18-6/h1-3H,(H2,16,19)(H,17,20). The minimum atomic E-state index is -1.72. The van der Waals surface area contributed by atoms with Crippen molar-refractivity contribution < 1.29 is 22.4 Å². The van der Waals surface area contributed by atoms with Gasteiger partial charge in [-0.05, 0) is 12.1 Å². The van der Waals surface area contributed by atoms with Crippen LogP contribution in [0, 0.1) is 23.3 Å². The number of nitrogens with one attached hydrogen (secondary N) is 1. The molecule has 0 atom stereocenters.